The molecule has 0 rings (SSSR count). The highest BCUT2D eigenvalue weighted by molar-refractivity contribution is 5.84. The first kappa shape index (κ1) is 39.5. The van der Waals surface area contributed by atoms with E-state index in [4.69, 9.17) is 5.11 Å². The molecule has 0 saturated carbocycles. The average Bonchev–Trinajstić information content (AvgIpc) is 2.96. The van der Waals surface area contributed by atoms with Gasteiger partial charge in [0.2, 0.25) is 11.8 Å². The first-order valence-corrected chi connectivity index (χ1v) is 16.3. The Morgan fingerprint density at radius 1 is 0.571 bits per heavy atom. The Morgan fingerprint density at radius 3 is 1.50 bits per heavy atom. The Kier molecular flexibility index (Phi) is 26.9. The summed E-state index contributed by atoms with van der Waals surface area (Å²) in [7, 11) is 0. The topological polar surface area (TPSA) is 190 Å². The van der Waals surface area contributed by atoms with Crippen molar-refractivity contribution in [3.63, 3.8) is 0 Å². The van der Waals surface area contributed by atoms with Crippen molar-refractivity contribution in [3.05, 3.63) is 0 Å². The highest BCUT2D eigenvalue weighted by Crippen LogP contribution is 2.14. The minimum absolute atomic E-state index is 0.0142. The number of unbranched alkanes of at least 4 members (excludes halogenated alkanes) is 17. The van der Waals surface area contributed by atoms with Crippen LogP contribution in [0.25, 0.3) is 0 Å². The molecule has 0 aliphatic rings. The Bertz CT molecular complexity index is 736. The average molecular weight is 600 g/mol. The van der Waals surface area contributed by atoms with Crippen molar-refractivity contribution in [2.24, 2.45) is 0 Å². The number of carboxylic acid groups (broad SMARTS) is 2. The maximum atomic E-state index is 12.2. The number of amides is 2. The summed E-state index contributed by atoms with van der Waals surface area (Å²) in [5.41, 5.74) is 2.47. The molecule has 0 spiro atoms. The molecule has 0 bridgehead atoms. The van der Waals surface area contributed by atoms with Gasteiger partial charge < -0.3 is 25.6 Å². The summed E-state index contributed by atoms with van der Waals surface area (Å²) in [6.07, 6.45) is 22.6. The number of hydrogen-bond acceptors (Lipinski definition) is 6. The highest BCUT2D eigenvalue weighted by Gasteiger charge is 2.21. The van der Waals surface area contributed by atoms with E-state index in [9.17, 15) is 29.1 Å². The molecule has 0 heterocycles. The van der Waals surface area contributed by atoms with Gasteiger partial charge in [0.25, 0.3) is 0 Å². The second-order valence-corrected chi connectivity index (χ2v) is 11.3. The number of carbonyl (C=O) groups excluding carboxylic acids is 3. The van der Waals surface area contributed by atoms with Crippen molar-refractivity contribution in [3.8, 4) is 0 Å². The molecule has 0 aromatic heterocycles. The molecular formula is C31H59N4O7+. The van der Waals surface area contributed by atoms with Crippen LogP contribution in [0.15, 0.2) is 0 Å². The van der Waals surface area contributed by atoms with E-state index in [2.05, 4.69) is 21.9 Å². The van der Waals surface area contributed by atoms with Gasteiger partial charge in [-0.15, -0.1) is 0 Å². The summed E-state index contributed by atoms with van der Waals surface area (Å²) in [6, 6.07) is -1.81. The summed E-state index contributed by atoms with van der Waals surface area (Å²) >= 11 is 0. The van der Waals surface area contributed by atoms with E-state index in [1.54, 1.807) is 0 Å². The van der Waals surface area contributed by atoms with Crippen molar-refractivity contribution in [2.45, 2.75) is 160 Å². The van der Waals surface area contributed by atoms with Gasteiger partial charge in [0.05, 0.1) is 0 Å². The molecule has 11 heteroatoms. The summed E-state index contributed by atoms with van der Waals surface area (Å²) in [4.78, 5) is 57.0. The number of nitrogens with one attached hydrogen (secondary N) is 3. The van der Waals surface area contributed by atoms with Crippen LogP contribution in [0.4, 0.5) is 0 Å². The minimum Gasteiger partial charge on any atom is -0.480 e. The third kappa shape index (κ3) is 25.2. The standard InChI is InChI=1S/C31H58N4O7/c32-35-27(31(41)42)20-17-18-24-33-28(37)23-22-26(30(39)40)34-29(38)21-16-14-12-10-8-6-4-2-1-3-5-7-9-11-13-15-19-25-36/h25-27,35H,1-24,32H2,(H,33,37)(H,34,38)(H,39,40)(H,41,42)/p+1/t26-,27-/m0/s1. The van der Waals surface area contributed by atoms with Gasteiger partial charge in [-0.1, -0.05) is 89.9 Å². The lowest BCUT2D eigenvalue weighted by atomic mass is 10.0. The van der Waals surface area contributed by atoms with Crippen molar-refractivity contribution in [1.29, 1.82) is 0 Å². The van der Waals surface area contributed by atoms with Gasteiger partial charge in [-0.3, -0.25) is 20.2 Å². The molecule has 8 N–H and O–H groups in total. The summed E-state index contributed by atoms with van der Waals surface area (Å²) in [5.74, 6) is 0.666. The second-order valence-electron chi connectivity index (χ2n) is 11.3. The van der Waals surface area contributed by atoms with Crippen LogP contribution in [0.1, 0.15) is 148 Å². The SMILES string of the molecule is [NH3+]N[C@@H](CCCCNC(=O)CC[C@H](NC(=O)CCCCCCCCCCCCCCCCCCC=O)C(=O)O)C(=O)O. The quantitative estimate of drug-likeness (QED) is 0.0391. The van der Waals surface area contributed by atoms with Crippen LogP contribution in [0.3, 0.4) is 0 Å². The molecule has 42 heavy (non-hydrogen) atoms. The predicted molar refractivity (Wildman–Crippen MR) is 162 cm³/mol. The third-order valence-electron chi connectivity index (χ3n) is 7.56. The first-order valence-electron chi connectivity index (χ1n) is 16.3. The van der Waals surface area contributed by atoms with Gasteiger partial charge in [0.1, 0.15) is 12.3 Å². The Labute approximate surface area is 252 Å². The lowest BCUT2D eigenvalue weighted by Crippen LogP contribution is -2.70. The Balaban J connectivity index is 3.69. The summed E-state index contributed by atoms with van der Waals surface area (Å²) < 4.78 is 0. The normalized spacial score (nSPS) is 12.4. The molecule has 0 aliphatic heterocycles. The van der Waals surface area contributed by atoms with E-state index in [0.717, 1.165) is 38.4 Å². The van der Waals surface area contributed by atoms with Crippen LogP contribution in [-0.4, -0.2) is 58.9 Å². The van der Waals surface area contributed by atoms with Gasteiger partial charge in [0, 0.05) is 25.8 Å². The molecule has 0 radical (unpaired) electrons. The second kappa shape index (κ2) is 28.6. The molecule has 0 aromatic rings. The smallest absolute Gasteiger partial charge is 0.326 e. The van der Waals surface area contributed by atoms with Crippen LogP contribution in [0.2, 0.25) is 0 Å². The number of hydrogen-bond donors (Lipinski definition) is 6. The maximum Gasteiger partial charge on any atom is 0.326 e. The van der Waals surface area contributed by atoms with E-state index in [1.165, 1.54) is 70.6 Å². The molecule has 0 saturated heterocycles. The number of carboxylic acids is 2. The molecule has 11 nitrogen and oxygen atoms in total. The molecule has 0 fully saturated rings. The van der Waals surface area contributed by atoms with E-state index in [0.29, 0.717) is 32.2 Å². The number of carbonyl (C=O) groups is 5. The zero-order chi connectivity index (χ0) is 31.3. The van der Waals surface area contributed by atoms with Crippen molar-refractivity contribution < 1.29 is 40.0 Å². The molecule has 244 valence electrons. The lowest BCUT2D eigenvalue weighted by molar-refractivity contribution is -0.449. The molecule has 0 unspecified atom stereocenters. The summed E-state index contributed by atoms with van der Waals surface area (Å²) in [6.45, 7) is 0.374. The molecular weight excluding hydrogens is 540 g/mol. The highest BCUT2D eigenvalue weighted by atomic mass is 16.4. The van der Waals surface area contributed by atoms with E-state index in [1.807, 2.05) is 0 Å². The number of rotatable bonds is 31. The monoisotopic (exact) mass is 599 g/mol. The molecule has 0 aliphatic carbocycles. The van der Waals surface area contributed by atoms with E-state index < -0.39 is 24.0 Å². The maximum absolute atomic E-state index is 12.2. The Hall–Kier alpha value is -2.53. The minimum atomic E-state index is -1.15. The van der Waals surface area contributed by atoms with Crippen molar-refractivity contribution in [1.82, 2.24) is 16.1 Å². The van der Waals surface area contributed by atoms with Gasteiger partial charge in [0.15, 0.2) is 6.04 Å². The zero-order valence-corrected chi connectivity index (χ0v) is 25.8. The first-order chi connectivity index (χ1) is 20.3. The molecule has 2 amide bonds. The summed E-state index contributed by atoms with van der Waals surface area (Å²) in [5, 5.41) is 23.6. The third-order valence-corrected chi connectivity index (χ3v) is 7.56. The predicted octanol–water partition coefficient (Wildman–Crippen LogP) is 4.04. The van der Waals surface area contributed by atoms with Gasteiger partial charge in [-0.25, -0.2) is 4.79 Å². The van der Waals surface area contributed by atoms with Gasteiger partial charge in [-0.2, -0.15) is 5.43 Å². The fraction of sp³-hybridized carbons (Fsp3) is 0.839. The van der Waals surface area contributed by atoms with Crippen LogP contribution in [0.5, 0.6) is 0 Å². The van der Waals surface area contributed by atoms with E-state index in [-0.39, 0.29) is 31.1 Å². The van der Waals surface area contributed by atoms with Gasteiger partial charge >= 0.3 is 11.9 Å². The lowest BCUT2D eigenvalue weighted by Gasteiger charge is -2.14. The van der Waals surface area contributed by atoms with Gasteiger partial charge in [-0.05, 0) is 38.5 Å². The van der Waals surface area contributed by atoms with Crippen molar-refractivity contribution in [2.75, 3.05) is 6.54 Å². The van der Waals surface area contributed by atoms with E-state index >= 15 is 0 Å². The largest absolute Gasteiger partial charge is 0.480 e. The van der Waals surface area contributed by atoms with Crippen LogP contribution < -0.4 is 21.9 Å². The van der Waals surface area contributed by atoms with Crippen LogP contribution >= 0.6 is 0 Å². The fourth-order valence-corrected chi connectivity index (χ4v) is 4.89. The number of aliphatic carboxylic acids is 2. The van der Waals surface area contributed by atoms with Crippen LogP contribution in [-0.2, 0) is 24.0 Å². The zero-order valence-electron chi connectivity index (χ0n) is 25.8. The fourth-order valence-electron chi connectivity index (χ4n) is 4.89. The van der Waals surface area contributed by atoms with Crippen molar-refractivity contribution >= 4 is 30.0 Å². The Morgan fingerprint density at radius 2 is 1.05 bits per heavy atom. The number of aldehydes is 1. The van der Waals surface area contributed by atoms with Crippen LogP contribution in [0, 0.1) is 0 Å². The molecule has 2 atom stereocenters. The number of quaternary nitrogens is 1. The molecule has 0 aromatic carbocycles.